The zero-order chi connectivity index (χ0) is 24.4. The molecule has 0 aromatic carbocycles. The van der Waals surface area contributed by atoms with Gasteiger partial charge in [-0.2, -0.15) is 16.9 Å². The van der Waals surface area contributed by atoms with Gasteiger partial charge < -0.3 is 14.5 Å². The number of aryl methyl sites for hydroxylation is 1. The molecule has 0 radical (unpaired) electrons. The van der Waals surface area contributed by atoms with Crippen molar-refractivity contribution >= 4 is 39.8 Å². The monoisotopic (exact) mass is 494 g/mol. The van der Waals surface area contributed by atoms with Crippen molar-refractivity contribution in [2.24, 2.45) is 5.92 Å². The summed E-state index contributed by atoms with van der Waals surface area (Å²) in [6.45, 7) is 6.44. The quantitative estimate of drug-likeness (QED) is 0.453. The Hall–Kier alpha value is -2.86. The van der Waals surface area contributed by atoms with E-state index in [1.807, 2.05) is 24.8 Å². The smallest absolute Gasteiger partial charge is 0.381 e. The maximum Gasteiger partial charge on any atom is 0.381 e. The maximum atomic E-state index is 12.3. The normalized spacial score (nSPS) is 11.3. The maximum absolute atomic E-state index is 12.3. The first-order chi connectivity index (χ1) is 15.8. The summed E-state index contributed by atoms with van der Waals surface area (Å²) in [7, 11) is 2.94. The fraction of sp³-hybridized carbons (Fsp3) is 0.476. The third-order valence-electron chi connectivity index (χ3n) is 4.49. The highest BCUT2D eigenvalue weighted by atomic mass is 32.2. The molecule has 3 heterocycles. The van der Waals surface area contributed by atoms with Gasteiger partial charge in [0.25, 0.3) is 5.91 Å². The number of methoxy groups -OCH3 is 1. The lowest BCUT2D eigenvalue weighted by molar-refractivity contribution is 0.0991. The molecule has 1 unspecified atom stereocenters. The van der Waals surface area contributed by atoms with Crippen LogP contribution in [0.4, 0.5) is 10.8 Å². The van der Waals surface area contributed by atoms with Gasteiger partial charge in [-0.05, 0) is 30.9 Å². The number of hydrogen-bond donors (Lipinski definition) is 2. The molecule has 12 heteroatoms. The molecule has 3 aromatic rings. The molecule has 3 aromatic heterocycles. The first-order valence-corrected chi connectivity index (χ1v) is 12.6. The number of hydrogen-bond acceptors (Lipinski definition) is 10. The van der Waals surface area contributed by atoms with E-state index in [0.29, 0.717) is 10.8 Å². The summed E-state index contributed by atoms with van der Waals surface area (Å²) >= 11 is 3.09. The van der Waals surface area contributed by atoms with Crippen molar-refractivity contribution in [2.75, 3.05) is 36.8 Å². The lowest BCUT2D eigenvalue weighted by Crippen LogP contribution is -2.16. The van der Waals surface area contributed by atoms with Crippen molar-refractivity contribution in [3.8, 4) is 10.9 Å². The number of nitrogens with zero attached hydrogens (tertiary/aromatic N) is 4. The van der Waals surface area contributed by atoms with Gasteiger partial charge in [-0.25, -0.2) is 9.48 Å². The van der Waals surface area contributed by atoms with Crippen LogP contribution in [-0.4, -0.2) is 52.1 Å². The molecule has 0 saturated carbocycles. The van der Waals surface area contributed by atoms with Gasteiger partial charge in [0, 0.05) is 25.0 Å². The van der Waals surface area contributed by atoms with Gasteiger partial charge in [-0.15, -0.1) is 10.2 Å². The van der Waals surface area contributed by atoms with Gasteiger partial charge in [-0.1, -0.05) is 38.0 Å². The second-order valence-corrected chi connectivity index (χ2v) is 9.04. The largest absolute Gasteiger partial charge is 0.488 e. The molecule has 0 spiro atoms. The first-order valence-electron chi connectivity index (χ1n) is 10.4. The number of ether oxygens (including phenoxy) is 1. The van der Waals surface area contributed by atoms with Crippen molar-refractivity contribution in [1.82, 2.24) is 20.0 Å². The summed E-state index contributed by atoms with van der Waals surface area (Å²) in [5, 5.41) is 18.1. The molecule has 0 aliphatic carbocycles. The summed E-state index contributed by atoms with van der Waals surface area (Å²) in [4.78, 5) is 24.2. The van der Waals surface area contributed by atoms with Crippen LogP contribution >= 0.6 is 23.1 Å². The highest BCUT2D eigenvalue weighted by Gasteiger charge is 2.18. The number of rotatable bonds is 9. The van der Waals surface area contributed by atoms with Crippen molar-refractivity contribution in [1.29, 1.82) is 0 Å². The summed E-state index contributed by atoms with van der Waals surface area (Å²) in [5.74, 6) is 1.44. The van der Waals surface area contributed by atoms with Crippen LogP contribution < -0.4 is 21.0 Å². The van der Waals surface area contributed by atoms with Crippen molar-refractivity contribution in [3.05, 3.63) is 40.2 Å². The fourth-order valence-electron chi connectivity index (χ4n) is 2.91. The SMILES string of the molecule is CCCC(C)CSC.CNc1cc(C(=O)Nc2nnc(-n3nccc3C)s2)oc(=O)c1OC. The van der Waals surface area contributed by atoms with Crippen LogP contribution in [0.15, 0.2) is 27.5 Å². The Kier molecular flexibility index (Phi) is 10.4. The highest BCUT2D eigenvalue weighted by molar-refractivity contribution is 7.98. The second kappa shape index (κ2) is 13.0. The van der Waals surface area contributed by atoms with Crippen LogP contribution in [0.3, 0.4) is 0 Å². The first kappa shape index (κ1) is 26.4. The minimum atomic E-state index is -0.760. The fourth-order valence-corrected chi connectivity index (χ4v) is 4.41. The minimum Gasteiger partial charge on any atom is -0.488 e. The van der Waals surface area contributed by atoms with Crippen LogP contribution in [0.1, 0.15) is 42.9 Å². The third kappa shape index (κ3) is 7.32. The van der Waals surface area contributed by atoms with Gasteiger partial charge in [0.1, 0.15) is 0 Å². The number of anilines is 2. The number of amides is 1. The highest BCUT2D eigenvalue weighted by Crippen LogP contribution is 2.23. The lowest BCUT2D eigenvalue weighted by atomic mass is 10.1. The van der Waals surface area contributed by atoms with E-state index in [-0.39, 0.29) is 16.6 Å². The molecule has 0 bridgehead atoms. The minimum absolute atomic E-state index is 0.00795. The van der Waals surface area contributed by atoms with E-state index in [9.17, 15) is 9.59 Å². The Balaban J connectivity index is 0.000000414. The number of nitrogens with one attached hydrogen (secondary N) is 2. The zero-order valence-corrected chi connectivity index (χ0v) is 21.3. The van der Waals surface area contributed by atoms with Gasteiger partial charge >= 0.3 is 5.63 Å². The topological polar surface area (TPSA) is 124 Å². The van der Waals surface area contributed by atoms with Crippen molar-refractivity contribution in [3.63, 3.8) is 0 Å². The Morgan fingerprint density at radius 3 is 2.73 bits per heavy atom. The number of aromatic nitrogens is 4. The molecule has 10 nitrogen and oxygen atoms in total. The third-order valence-corrected chi connectivity index (χ3v) is 6.20. The van der Waals surface area contributed by atoms with Crippen molar-refractivity contribution < 1.29 is 13.9 Å². The average molecular weight is 495 g/mol. The summed E-state index contributed by atoms with van der Waals surface area (Å²) < 4.78 is 11.5. The number of thioether (sulfide) groups is 1. The van der Waals surface area contributed by atoms with Crippen LogP contribution in [0.5, 0.6) is 5.75 Å². The van der Waals surface area contributed by atoms with Gasteiger partial charge in [0.15, 0.2) is 5.76 Å². The van der Waals surface area contributed by atoms with E-state index < -0.39 is 11.5 Å². The predicted octanol–water partition coefficient (Wildman–Crippen LogP) is 4.07. The summed E-state index contributed by atoms with van der Waals surface area (Å²) in [6.07, 6.45) is 6.54. The average Bonchev–Trinajstić information content (AvgIpc) is 3.42. The molecular weight excluding hydrogens is 464 g/mol. The van der Waals surface area contributed by atoms with E-state index in [0.717, 1.165) is 22.9 Å². The second-order valence-electron chi connectivity index (χ2n) is 7.17. The molecule has 3 rings (SSSR count). The molecule has 0 aliphatic rings. The van der Waals surface area contributed by atoms with Crippen LogP contribution in [-0.2, 0) is 0 Å². The molecular formula is C21H30N6O4S2. The molecule has 0 saturated heterocycles. The Morgan fingerprint density at radius 1 is 1.39 bits per heavy atom. The molecule has 2 N–H and O–H groups in total. The van der Waals surface area contributed by atoms with E-state index in [1.165, 1.54) is 31.8 Å². The summed E-state index contributed by atoms with van der Waals surface area (Å²) in [6, 6.07) is 3.19. The molecule has 0 fully saturated rings. The number of carbonyl (C=O) groups is 1. The Bertz CT molecular complexity index is 1090. The predicted molar refractivity (Wildman–Crippen MR) is 133 cm³/mol. The van der Waals surface area contributed by atoms with Crippen LogP contribution in [0.25, 0.3) is 5.13 Å². The molecule has 0 aliphatic heterocycles. The standard InChI is InChI=1S/C14H14N6O4S.C7H16S/c1-7-4-5-16-20(7)14-19-18-13(25-14)17-11(21)9-6-8(15-2)10(23-3)12(22)24-9;1-4-5-7(2)6-8-3/h4-6,15H,1-3H3,(H,17,18,21);7H,4-6H2,1-3H3. The Labute approximate surface area is 201 Å². The van der Waals surface area contributed by atoms with E-state index in [4.69, 9.17) is 9.15 Å². The Morgan fingerprint density at radius 2 is 2.15 bits per heavy atom. The van der Waals surface area contributed by atoms with Crippen LogP contribution in [0.2, 0.25) is 0 Å². The number of carbonyl (C=O) groups excluding carboxylic acids is 1. The molecule has 1 amide bonds. The molecule has 1 atom stereocenters. The van der Waals surface area contributed by atoms with Gasteiger partial charge in [0.2, 0.25) is 16.0 Å². The molecule has 180 valence electrons. The van der Waals surface area contributed by atoms with E-state index in [2.05, 4.69) is 46.0 Å². The summed E-state index contributed by atoms with van der Waals surface area (Å²) in [5.41, 5.74) is 0.465. The van der Waals surface area contributed by atoms with Gasteiger partial charge in [-0.3, -0.25) is 10.1 Å². The molecule has 33 heavy (non-hydrogen) atoms. The van der Waals surface area contributed by atoms with Gasteiger partial charge in [0.05, 0.1) is 12.8 Å². The lowest BCUT2D eigenvalue weighted by Gasteiger charge is -2.07. The zero-order valence-electron chi connectivity index (χ0n) is 19.7. The van der Waals surface area contributed by atoms with Crippen molar-refractivity contribution in [2.45, 2.75) is 33.6 Å². The van der Waals surface area contributed by atoms with Crippen LogP contribution in [0, 0.1) is 12.8 Å². The van der Waals surface area contributed by atoms with E-state index in [1.54, 1.807) is 17.9 Å². The van der Waals surface area contributed by atoms with E-state index >= 15 is 0 Å².